The maximum Gasteiger partial charge on any atom is 0.216 e. The fourth-order valence-electron chi connectivity index (χ4n) is 1.78. The van der Waals surface area contributed by atoms with Crippen LogP contribution in [0, 0.1) is 0 Å². The van der Waals surface area contributed by atoms with Crippen molar-refractivity contribution in [2.24, 2.45) is 0 Å². The van der Waals surface area contributed by atoms with Crippen molar-refractivity contribution in [1.82, 2.24) is 5.32 Å². The van der Waals surface area contributed by atoms with Gasteiger partial charge in [-0.05, 0) is 24.3 Å². The summed E-state index contributed by atoms with van der Waals surface area (Å²) in [4.78, 5) is 10.8. The topological polar surface area (TPSA) is 49.3 Å². The summed E-state index contributed by atoms with van der Waals surface area (Å²) < 4.78 is 0. The van der Waals surface area contributed by atoms with Crippen LogP contribution in [0.3, 0.4) is 0 Å². The molecule has 2 N–H and O–H groups in total. The number of nitrogens with one attached hydrogen (secondary N) is 1. The van der Waals surface area contributed by atoms with E-state index in [4.69, 9.17) is 5.11 Å². The molecule has 1 rings (SSSR count). The number of benzene rings is 1. The summed E-state index contributed by atoms with van der Waals surface area (Å²) in [6.07, 6.45) is 1.60. The van der Waals surface area contributed by atoms with Crippen molar-refractivity contribution in [2.45, 2.75) is 25.7 Å². The van der Waals surface area contributed by atoms with E-state index in [1.807, 2.05) is 18.2 Å². The molecule has 0 aliphatic heterocycles. The molecule has 0 bridgehead atoms. The van der Waals surface area contributed by atoms with Gasteiger partial charge in [-0.15, -0.1) is 0 Å². The molecule has 1 amide bonds. The molecule has 0 fully saturated rings. The van der Waals surface area contributed by atoms with E-state index in [1.165, 1.54) is 12.5 Å². The lowest BCUT2D eigenvalue weighted by molar-refractivity contribution is -0.118. The maximum atomic E-state index is 10.8. The van der Waals surface area contributed by atoms with E-state index in [1.54, 1.807) is 0 Å². The number of aliphatic hydroxyl groups excluding tert-OH is 1. The van der Waals surface area contributed by atoms with E-state index in [-0.39, 0.29) is 12.5 Å². The van der Waals surface area contributed by atoms with Gasteiger partial charge in [-0.3, -0.25) is 4.79 Å². The molecule has 0 spiro atoms. The Morgan fingerprint density at radius 2 is 2.00 bits per heavy atom. The summed E-state index contributed by atoms with van der Waals surface area (Å²) >= 11 is 0. The summed E-state index contributed by atoms with van der Waals surface area (Å²) in [7, 11) is 0. The van der Waals surface area contributed by atoms with Gasteiger partial charge in [0.25, 0.3) is 0 Å². The molecule has 1 aromatic rings. The Labute approximate surface area is 96.5 Å². The number of amides is 1. The van der Waals surface area contributed by atoms with Gasteiger partial charge in [0.2, 0.25) is 5.91 Å². The summed E-state index contributed by atoms with van der Waals surface area (Å²) in [5, 5.41) is 11.8. The lowest BCUT2D eigenvalue weighted by atomic mass is 9.93. The number of rotatable bonds is 6. The van der Waals surface area contributed by atoms with Crippen molar-refractivity contribution in [2.75, 3.05) is 13.2 Å². The van der Waals surface area contributed by atoms with E-state index in [0.29, 0.717) is 12.5 Å². The van der Waals surface area contributed by atoms with E-state index < -0.39 is 0 Å². The molecule has 0 radical (unpaired) electrons. The molecule has 1 unspecified atom stereocenters. The summed E-state index contributed by atoms with van der Waals surface area (Å²) in [5.74, 6) is 0.314. The third-order valence-corrected chi connectivity index (χ3v) is 2.62. The minimum Gasteiger partial charge on any atom is -0.396 e. The summed E-state index contributed by atoms with van der Waals surface area (Å²) in [6.45, 7) is 2.36. The molecule has 3 nitrogen and oxygen atoms in total. The van der Waals surface area contributed by atoms with Crippen LogP contribution in [-0.4, -0.2) is 24.2 Å². The first-order valence-electron chi connectivity index (χ1n) is 5.64. The summed E-state index contributed by atoms with van der Waals surface area (Å²) in [5.41, 5.74) is 1.22. The normalized spacial score (nSPS) is 12.1. The van der Waals surface area contributed by atoms with E-state index in [2.05, 4.69) is 17.4 Å². The fraction of sp³-hybridized carbons (Fsp3) is 0.462. The first-order valence-corrected chi connectivity index (χ1v) is 5.64. The SMILES string of the molecule is CC(=O)NCCC(CCO)c1ccccc1. The number of hydrogen-bond acceptors (Lipinski definition) is 2. The molecule has 0 heterocycles. The van der Waals surface area contributed by atoms with Crippen LogP contribution in [0.5, 0.6) is 0 Å². The Morgan fingerprint density at radius 3 is 2.56 bits per heavy atom. The van der Waals surface area contributed by atoms with Crippen LogP contribution in [-0.2, 0) is 4.79 Å². The highest BCUT2D eigenvalue weighted by Crippen LogP contribution is 2.22. The van der Waals surface area contributed by atoms with Crippen molar-refractivity contribution in [3.63, 3.8) is 0 Å². The Kier molecular flexibility index (Phi) is 5.57. The van der Waals surface area contributed by atoms with Crippen molar-refractivity contribution in [1.29, 1.82) is 0 Å². The molecular formula is C13H19NO2. The molecule has 1 atom stereocenters. The second kappa shape index (κ2) is 7.01. The molecule has 0 aromatic heterocycles. The Balaban J connectivity index is 2.51. The average Bonchev–Trinajstić information content (AvgIpc) is 2.29. The third kappa shape index (κ3) is 4.45. The fourth-order valence-corrected chi connectivity index (χ4v) is 1.78. The molecular weight excluding hydrogens is 202 g/mol. The standard InChI is InChI=1S/C13H19NO2/c1-11(16)14-9-7-13(8-10-15)12-5-3-2-4-6-12/h2-6,13,15H,7-10H2,1H3,(H,14,16). The zero-order valence-electron chi connectivity index (χ0n) is 9.65. The largest absolute Gasteiger partial charge is 0.396 e. The molecule has 88 valence electrons. The van der Waals surface area contributed by atoms with Gasteiger partial charge in [-0.1, -0.05) is 30.3 Å². The molecule has 0 saturated carbocycles. The second-order valence-corrected chi connectivity index (χ2v) is 3.89. The molecule has 16 heavy (non-hydrogen) atoms. The van der Waals surface area contributed by atoms with Crippen LogP contribution in [0.25, 0.3) is 0 Å². The first kappa shape index (κ1) is 12.7. The smallest absolute Gasteiger partial charge is 0.216 e. The van der Waals surface area contributed by atoms with Gasteiger partial charge in [0.05, 0.1) is 0 Å². The van der Waals surface area contributed by atoms with Crippen molar-refractivity contribution < 1.29 is 9.90 Å². The van der Waals surface area contributed by atoms with Crippen LogP contribution < -0.4 is 5.32 Å². The van der Waals surface area contributed by atoms with Gasteiger partial charge in [0.1, 0.15) is 0 Å². The van der Waals surface area contributed by atoms with Crippen LogP contribution in [0.2, 0.25) is 0 Å². The Hall–Kier alpha value is -1.35. The number of carbonyl (C=O) groups excluding carboxylic acids is 1. The van der Waals surface area contributed by atoms with E-state index >= 15 is 0 Å². The van der Waals surface area contributed by atoms with Crippen LogP contribution in [0.4, 0.5) is 0 Å². The van der Waals surface area contributed by atoms with Crippen molar-refractivity contribution in [3.05, 3.63) is 35.9 Å². The molecule has 1 aromatic carbocycles. The number of hydrogen-bond donors (Lipinski definition) is 2. The number of aliphatic hydroxyl groups is 1. The monoisotopic (exact) mass is 221 g/mol. The van der Waals surface area contributed by atoms with Gasteiger partial charge in [0, 0.05) is 20.1 Å². The highest BCUT2D eigenvalue weighted by atomic mass is 16.3. The lowest BCUT2D eigenvalue weighted by Gasteiger charge is -2.16. The van der Waals surface area contributed by atoms with Gasteiger partial charge in [-0.2, -0.15) is 0 Å². The second-order valence-electron chi connectivity index (χ2n) is 3.89. The third-order valence-electron chi connectivity index (χ3n) is 2.62. The predicted octanol–water partition coefficient (Wildman–Crippen LogP) is 1.68. The highest BCUT2D eigenvalue weighted by Gasteiger charge is 2.10. The zero-order chi connectivity index (χ0) is 11.8. The first-order chi connectivity index (χ1) is 7.74. The molecule has 0 aliphatic carbocycles. The molecule has 0 aliphatic rings. The summed E-state index contributed by atoms with van der Waals surface area (Å²) in [6, 6.07) is 10.1. The van der Waals surface area contributed by atoms with E-state index in [0.717, 1.165) is 12.8 Å². The predicted molar refractivity (Wildman–Crippen MR) is 64.2 cm³/mol. The van der Waals surface area contributed by atoms with E-state index in [9.17, 15) is 4.79 Å². The highest BCUT2D eigenvalue weighted by molar-refractivity contribution is 5.72. The van der Waals surface area contributed by atoms with Gasteiger partial charge in [-0.25, -0.2) is 0 Å². The van der Waals surface area contributed by atoms with Crippen LogP contribution in [0.15, 0.2) is 30.3 Å². The Bertz CT molecular complexity index is 311. The average molecular weight is 221 g/mol. The minimum atomic E-state index is -0.00388. The van der Waals surface area contributed by atoms with Gasteiger partial charge < -0.3 is 10.4 Å². The van der Waals surface area contributed by atoms with Crippen LogP contribution >= 0.6 is 0 Å². The Morgan fingerprint density at radius 1 is 1.31 bits per heavy atom. The van der Waals surface area contributed by atoms with Crippen molar-refractivity contribution >= 4 is 5.91 Å². The van der Waals surface area contributed by atoms with Crippen LogP contribution in [0.1, 0.15) is 31.2 Å². The maximum absolute atomic E-state index is 10.8. The lowest BCUT2D eigenvalue weighted by Crippen LogP contribution is -2.22. The molecule has 0 saturated heterocycles. The number of carbonyl (C=O) groups is 1. The van der Waals surface area contributed by atoms with Crippen molar-refractivity contribution in [3.8, 4) is 0 Å². The zero-order valence-corrected chi connectivity index (χ0v) is 9.65. The van der Waals surface area contributed by atoms with Gasteiger partial charge >= 0.3 is 0 Å². The van der Waals surface area contributed by atoms with Gasteiger partial charge in [0.15, 0.2) is 0 Å². The minimum absolute atomic E-state index is 0.00388. The quantitative estimate of drug-likeness (QED) is 0.768. The molecule has 3 heteroatoms.